The first-order valence-electron chi connectivity index (χ1n) is 7.14. The average Bonchev–Trinajstić information content (AvgIpc) is 2.47. The van der Waals surface area contributed by atoms with Crippen LogP contribution in [0.5, 0.6) is 0 Å². The molecule has 0 radical (unpaired) electrons. The highest BCUT2D eigenvalue weighted by Crippen LogP contribution is 2.24. The number of piperazine rings is 1. The van der Waals surface area contributed by atoms with Crippen molar-refractivity contribution < 1.29 is 9.90 Å². The second-order valence-electron chi connectivity index (χ2n) is 5.65. The van der Waals surface area contributed by atoms with E-state index in [1.807, 2.05) is 29.2 Å². The molecule has 1 amide bonds. The van der Waals surface area contributed by atoms with Crippen molar-refractivity contribution in [3.8, 4) is 0 Å². The molecule has 0 aliphatic carbocycles. The number of carbonyl (C=O) groups excluding carboxylic acids is 1. The van der Waals surface area contributed by atoms with Crippen LogP contribution in [0.1, 0.15) is 17.4 Å². The normalized spacial score (nSPS) is 27.2. The largest absolute Gasteiger partial charge is 0.374 e. The predicted octanol–water partition coefficient (Wildman–Crippen LogP) is -0.0342. The third-order valence-corrected chi connectivity index (χ3v) is 4.25. The van der Waals surface area contributed by atoms with E-state index in [9.17, 15) is 9.90 Å². The summed E-state index contributed by atoms with van der Waals surface area (Å²) in [5.74, 6) is 0.103. The quantitative estimate of drug-likeness (QED) is 0.755. The Bertz CT molecular complexity index is 498. The maximum absolute atomic E-state index is 12.5. The molecule has 0 saturated carbocycles. The average molecular weight is 275 g/mol. The van der Waals surface area contributed by atoms with Crippen LogP contribution in [0.15, 0.2) is 24.3 Å². The Balaban J connectivity index is 1.71. The summed E-state index contributed by atoms with van der Waals surface area (Å²) in [6.07, 6.45) is -0.0975. The third kappa shape index (κ3) is 2.57. The number of nitrogens with one attached hydrogen (secondary N) is 1. The zero-order valence-electron chi connectivity index (χ0n) is 11.7. The van der Waals surface area contributed by atoms with Crippen molar-refractivity contribution in [2.45, 2.75) is 18.7 Å². The lowest BCUT2D eigenvalue weighted by Crippen LogP contribution is -2.55. The molecule has 1 aromatic carbocycles. The number of hydrogen-bond acceptors (Lipinski definition) is 4. The molecule has 1 aromatic rings. The standard InChI is InChI=1S/C15H21N3O2/c1-17-6-8-18(9-7-17)15(20)13-10-11-4-2-3-5-12(11)14(19)16-13/h2-5,13-14,16,19H,6-10H2,1H3/t13-,14?/m0/s1. The molecule has 1 fully saturated rings. The van der Waals surface area contributed by atoms with Crippen LogP contribution in [0, 0.1) is 0 Å². The highest BCUT2D eigenvalue weighted by atomic mass is 16.3. The summed E-state index contributed by atoms with van der Waals surface area (Å²) in [6, 6.07) is 7.44. The number of likely N-dealkylation sites (N-methyl/N-ethyl adjacent to an activating group) is 1. The smallest absolute Gasteiger partial charge is 0.240 e. The van der Waals surface area contributed by atoms with Gasteiger partial charge in [0.15, 0.2) is 0 Å². The molecule has 2 N–H and O–H groups in total. The van der Waals surface area contributed by atoms with Gasteiger partial charge in [-0.2, -0.15) is 0 Å². The van der Waals surface area contributed by atoms with Crippen LogP contribution < -0.4 is 5.32 Å². The van der Waals surface area contributed by atoms with E-state index >= 15 is 0 Å². The van der Waals surface area contributed by atoms with Crippen LogP contribution in [-0.4, -0.2) is 60.1 Å². The molecule has 108 valence electrons. The second kappa shape index (κ2) is 5.52. The number of hydrogen-bond donors (Lipinski definition) is 2. The highest BCUT2D eigenvalue weighted by molar-refractivity contribution is 5.82. The van der Waals surface area contributed by atoms with Gasteiger partial charge in [-0.15, -0.1) is 0 Å². The van der Waals surface area contributed by atoms with Gasteiger partial charge in [0.25, 0.3) is 0 Å². The maximum atomic E-state index is 12.5. The lowest BCUT2D eigenvalue weighted by molar-refractivity contribution is -0.136. The molecule has 2 atom stereocenters. The number of amides is 1. The van der Waals surface area contributed by atoms with Crippen LogP contribution >= 0.6 is 0 Å². The Morgan fingerprint density at radius 1 is 1.25 bits per heavy atom. The fourth-order valence-electron chi connectivity index (χ4n) is 2.95. The summed E-state index contributed by atoms with van der Waals surface area (Å²) in [5, 5.41) is 13.2. The van der Waals surface area contributed by atoms with Crippen LogP contribution in [0.2, 0.25) is 0 Å². The van der Waals surface area contributed by atoms with E-state index in [2.05, 4.69) is 17.3 Å². The molecule has 0 bridgehead atoms. The maximum Gasteiger partial charge on any atom is 0.240 e. The van der Waals surface area contributed by atoms with Crippen LogP contribution in [0.3, 0.4) is 0 Å². The van der Waals surface area contributed by atoms with Crippen molar-refractivity contribution in [2.75, 3.05) is 33.2 Å². The number of rotatable bonds is 1. The van der Waals surface area contributed by atoms with Gasteiger partial charge in [0, 0.05) is 26.2 Å². The number of benzene rings is 1. The monoisotopic (exact) mass is 275 g/mol. The number of aliphatic hydroxyl groups is 1. The minimum Gasteiger partial charge on any atom is -0.374 e. The van der Waals surface area contributed by atoms with Gasteiger partial charge in [-0.1, -0.05) is 24.3 Å². The van der Waals surface area contributed by atoms with Gasteiger partial charge in [0.05, 0.1) is 6.04 Å². The van der Waals surface area contributed by atoms with Crippen LogP contribution in [0.25, 0.3) is 0 Å². The molecule has 1 unspecified atom stereocenters. The first-order chi connectivity index (χ1) is 9.65. The Morgan fingerprint density at radius 3 is 2.70 bits per heavy atom. The number of aliphatic hydroxyl groups excluding tert-OH is 1. The lowest BCUT2D eigenvalue weighted by atomic mass is 9.94. The van der Waals surface area contributed by atoms with Gasteiger partial charge >= 0.3 is 0 Å². The molecule has 5 nitrogen and oxygen atoms in total. The number of nitrogens with zero attached hydrogens (tertiary/aromatic N) is 2. The molecule has 2 heterocycles. The Kier molecular flexibility index (Phi) is 3.74. The number of carbonyl (C=O) groups is 1. The van der Waals surface area contributed by atoms with Gasteiger partial charge < -0.3 is 14.9 Å². The van der Waals surface area contributed by atoms with Gasteiger partial charge in [-0.25, -0.2) is 0 Å². The summed E-state index contributed by atoms with van der Waals surface area (Å²) in [7, 11) is 2.07. The highest BCUT2D eigenvalue weighted by Gasteiger charge is 2.32. The van der Waals surface area contributed by atoms with Gasteiger partial charge in [-0.3, -0.25) is 10.1 Å². The molecule has 20 heavy (non-hydrogen) atoms. The van der Waals surface area contributed by atoms with E-state index in [0.29, 0.717) is 6.42 Å². The van der Waals surface area contributed by atoms with Gasteiger partial charge in [0.2, 0.25) is 5.91 Å². The minimum absolute atomic E-state index is 0.103. The molecule has 3 rings (SSSR count). The summed E-state index contributed by atoms with van der Waals surface area (Å²) >= 11 is 0. The molecule has 0 spiro atoms. The zero-order valence-corrected chi connectivity index (χ0v) is 11.7. The van der Waals surface area contributed by atoms with Crippen LogP contribution in [-0.2, 0) is 11.2 Å². The molecular formula is C15H21N3O2. The fourth-order valence-corrected chi connectivity index (χ4v) is 2.95. The van der Waals surface area contributed by atoms with Crippen molar-refractivity contribution in [3.05, 3.63) is 35.4 Å². The summed E-state index contributed by atoms with van der Waals surface area (Å²) in [5.41, 5.74) is 1.95. The first kappa shape index (κ1) is 13.5. The van der Waals surface area contributed by atoms with Crippen molar-refractivity contribution in [1.29, 1.82) is 0 Å². The van der Waals surface area contributed by atoms with Crippen molar-refractivity contribution >= 4 is 5.91 Å². The second-order valence-corrected chi connectivity index (χ2v) is 5.65. The van der Waals surface area contributed by atoms with E-state index in [0.717, 1.165) is 37.3 Å². The topological polar surface area (TPSA) is 55.8 Å². The van der Waals surface area contributed by atoms with E-state index < -0.39 is 6.23 Å². The molecule has 0 aromatic heterocycles. The van der Waals surface area contributed by atoms with Crippen molar-refractivity contribution in [3.63, 3.8) is 0 Å². The Morgan fingerprint density at radius 2 is 1.95 bits per heavy atom. The van der Waals surface area contributed by atoms with E-state index in [1.165, 1.54) is 0 Å². The predicted molar refractivity (Wildman–Crippen MR) is 76.1 cm³/mol. The van der Waals surface area contributed by atoms with Crippen molar-refractivity contribution in [2.24, 2.45) is 0 Å². The minimum atomic E-state index is -0.749. The van der Waals surface area contributed by atoms with E-state index in [4.69, 9.17) is 0 Å². The summed E-state index contributed by atoms with van der Waals surface area (Å²) < 4.78 is 0. The first-order valence-corrected chi connectivity index (χ1v) is 7.14. The molecule has 2 aliphatic rings. The SMILES string of the molecule is CN1CCN(C(=O)[C@@H]2Cc3ccccc3C(O)N2)CC1. The van der Waals surface area contributed by atoms with Gasteiger partial charge in [-0.05, 0) is 24.6 Å². The Hall–Kier alpha value is -1.43. The Labute approximate surface area is 119 Å². The molecule has 1 saturated heterocycles. The van der Waals surface area contributed by atoms with E-state index in [-0.39, 0.29) is 11.9 Å². The van der Waals surface area contributed by atoms with E-state index in [1.54, 1.807) is 0 Å². The fraction of sp³-hybridized carbons (Fsp3) is 0.533. The lowest BCUT2D eigenvalue weighted by Gasteiger charge is -2.37. The summed E-state index contributed by atoms with van der Waals surface area (Å²) in [4.78, 5) is 16.7. The zero-order chi connectivity index (χ0) is 14.1. The molecular weight excluding hydrogens is 254 g/mol. The number of fused-ring (bicyclic) bond motifs is 1. The molecule has 5 heteroatoms. The van der Waals surface area contributed by atoms with Gasteiger partial charge in [0.1, 0.15) is 6.23 Å². The third-order valence-electron chi connectivity index (χ3n) is 4.25. The van der Waals surface area contributed by atoms with Crippen molar-refractivity contribution in [1.82, 2.24) is 15.1 Å². The molecule has 2 aliphatic heterocycles. The van der Waals surface area contributed by atoms with Crippen LogP contribution in [0.4, 0.5) is 0 Å². The summed E-state index contributed by atoms with van der Waals surface area (Å²) in [6.45, 7) is 3.37.